The zero-order valence-corrected chi connectivity index (χ0v) is 8.52. The summed E-state index contributed by atoms with van der Waals surface area (Å²) in [6.45, 7) is 2.10. The maximum atomic E-state index is 12.8. The fourth-order valence-electron chi connectivity index (χ4n) is 1.33. The molecule has 2 heteroatoms. The molecule has 0 nitrogen and oxygen atoms in total. The van der Waals surface area contributed by atoms with Crippen molar-refractivity contribution in [2.75, 3.05) is 0 Å². The van der Waals surface area contributed by atoms with E-state index in [1.165, 1.54) is 6.07 Å². The molecule has 1 aromatic rings. The highest BCUT2D eigenvalue weighted by molar-refractivity contribution is 6.20. The van der Waals surface area contributed by atoms with Gasteiger partial charge in [-0.1, -0.05) is 25.5 Å². The molecule has 0 aliphatic heterocycles. The molecule has 0 aliphatic carbocycles. The molecule has 1 aromatic carbocycles. The minimum absolute atomic E-state index is 0.131. The van der Waals surface area contributed by atoms with Crippen molar-refractivity contribution in [3.05, 3.63) is 35.6 Å². The van der Waals surface area contributed by atoms with Gasteiger partial charge >= 0.3 is 0 Å². The molecule has 0 heterocycles. The lowest BCUT2D eigenvalue weighted by Crippen LogP contribution is -2.02. The minimum Gasteiger partial charge on any atom is -0.207 e. The summed E-state index contributed by atoms with van der Waals surface area (Å²) in [5.41, 5.74) is 0.980. The standard InChI is InChI=1S/C11H14ClF/c1-2-4-10(12)7-9-5-3-6-11(13)8-9/h3,5-6,8,10H,2,4,7H2,1H3. The third-order valence-electron chi connectivity index (χ3n) is 1.95. The lowest BCUT2D eigenvalue weighted by Gasteiger charge is -2.07. The molecule has 0 N–H and O–H groups in total. The Morgan fingerprint density at radius 1 is 1.46 bits per heavy atom. The normalized spacial score (nSPS) is 12.8. The molecule has 72 valence electrons. The zero-order valence-electron chi connectivity index (χ0n) is 7.76. The maximum Gasteiger partial charge on any atom is 0.123 e. The van der Waals surface area contributed by atoms with Gasteiger partial charge in [-0.3, -0.25) is 0 Å². The van der Waals surface area contributed by atoms with Crippen molar-refractivity contribution in [2.45, 2.75) is 31.6 Å². The second-order valence-electron chi connectivity index (χ2n) is 3.22. The van der Waals surface area contributed by atoms with Crippen LogP contribution < -0.4 is 0 Å². The van der Waals surface area contributed by atoms with Gasteiger partial charge in [0.1, 0.15) is 5.82 Å². The molecule has 0 bridgehead atoms. The van der Waals surface area contributed by atoms with Gasteiger partial charge in [-0.25, -0.2) is 4.39 Å². The molecular formula is C11H14ClF. The second kappa shape index (κ2) is 5.23. The van der Waals surface area contributed by atoms with E-state index >= 15 is 0 Å². The number of alkyl halides is 1. The van der Waals surface area contributed by atoms with Crippen molar-refractivity contribution in [2.24, 2.45) is 0 Å². The van der Waals surface area contributed by atoms with Gasteiger partial charge < -0.3 is 0 Å². The predicted octanol–water partition coefficient (Wildman–Crippen LogP) is 3.78. The van der Waals surface area contributed by atoms with E-state index in [0.29, 0.717) is 0 Å². The summed E-state index contributed by atoms with van der Waals surface area (Å²) in [6.07, 6.45) is 2.81. The number of halogens is 2. The predicted molar refractivity (Wildman–Crippen MR) is 54.7 cm³/mol. The van der Waals surface area contributed by atoms with E-state index in [-0.39, 0.29) is 11.2 Å². The first-order chi connectivity index (χ1) is 6.22. The van der Waals surface area contributed by atoms with Crippen molar-refractivity contribution in [3.8, 4) is 0 Å². The largest absolute Gasteiger partial charge is 0.207 e. The van der Waals surface area contributed by atoms with Crippen molar-refractivity contribution >= 4 is 11.6 Å². The molecule has 0 radical (unpaired) electrons. The molecule has 0 aliphatic rings. The molecule has 0 aromatic heterocycles. The molecule has 0 saturated heterocycles. The molecule has 0 fully saturated rings. The Bertz CT molecular complexity index is 260. The Morgan fingerprint density at radius 2 is 2.23 bits per heavy atom. The van der Waals surface area contributed by atoms with E-state index in [1.54, 1.807) is 12.1 Å². The van der Waals surface area contributed by atoms with Gasteiger partial charge in [-0.2, -0.15) is 0 Å². The highest BCUT2D eigenvalue weighted by Crippen LogP contribution is 2.13. The van der Waals surface area contributed by atoms with Gasteiger partial charge in [-0.05, 0) is 30.5 Å². The second-order valence-corrected chi connectivity index (χ2v) is 3.84. The van der Waals surface area contributed by atoms with Crippen LogP contribution in [-0.4, -0.2) is 5.38 Å². The number of hydrogen-bond donors (Lipinski definition) is 0. The van der Waals surface area contributed by atoms with Gasteiger partial charge in [0.25, 0.3) is 0 Å². The summed E-state index contributed by atoms with van der Waals surface area (Å²) in [5, 5.41) is 0.131. The van der Waals surface area contributed by atoms with Crippen LogP contribution in [0, 0.1) is 5.82 Å². The lowest BCUT2D eigenvalue weighted by atomic mass is 10.1. The first-order valence-corrected chi connectivity index (χ1v) is 5.04. The summed E-state index contributed by atoms with van der Waals surface area (Å²) in [4.78, 5) is 0. The van der Waals surface area contributed by atoms with Crippen LogP contribution in [0.4, 0.5) is 4.39 Å². The van der Waals surface area contributed by atoms with Crippen LogP contribution in [0.3, 0.4) is 0 Å². The third-order valence-corrected chi connectivity index (χ3v) is 2.32. The van der Waals surface area contributed by atoms with Crippen LogP contribution >= 0.6 is 11.6 Å². The van der Waals surface area contributed by atoms with E-state index < -0.39 is 0 Å². The van der Waals surface area contributed by atoms with Crippen LogP contribution in [0.5, 0.6) is 0 Å². The maximum absolute atomic E-state index is 12.8. The number of rotatable bonds is 4. The molecule has 13 heavy (non-hydrogen) atoms. The number of benzene rings is 1. The van der Waals surface area contributed by atoms with Gasteiger partial charge in [0.2, 0.25) is 0 Å². The number of hydrogen-bond acceptors (Lipinski definition) is 0. The zero-order chi connectivity index (χ0) is 9.68. The van der Waals surface area contributed by atoms with Gasteiger partial charge in [0, 0.05) is 5.38 Å². The first-order valence-electron chi connectivity index (χ1n) is 4.61. The van der Waals surface area contributed by atoms with Gasteiger partial charge in [-0.15, -0.1) is 11.6 Å². The van der Waals surface area contributed by atoms with Crippen LogP contribution in [-0.2, 0) is 6.42 Å². The van der Waals surface area contributed by atoms with E-state index in [4.69, 9.17) is 11.6 Å². The van der Waals surface area contributed by atoms with Gasteiger partial charge in [0.05, 0.1) is 0 Å². The first kappa shape index (κ1) is 10.5. The minimum atomic E-state index is -0.183. The Balaban J connectivity index is 2.53. The highest BCUT2D eigenvalue weighted by Gasteiger charge is 2.04. The van der Waals surface area contributed by atoms with E-state index in [1.807, 2.05) is 6.07 Å². The quantitative estimate of drug-likeness (QED) is 0.649. The summed E-state index contributed by atoms with van der Waals surface area (Å²) in [7, 11) is 0. The summed E-state index contributed by atoms with van der Waals surface area (Å²) in [5.74, 6) is -0.183. The van der Waals surface area contributed by atoms with Crippen molar-refractivity contribution in [1.82, 2.24) is 0 Å². The monoisotopic (exact) mass is 200 g/mol. The Labute approximate surface area is 83.7 Å². The van der Waals surface area contributed by atoms with Gasteiger partial charge in [0.15, 0.2) is 0 Å². The summed E-state index contributed by atoms with van der Waals surface area (Å²) >= 11 is 6.05. The van der Waals surface area contributed by atoms with Crippen LogP contribution in [0.1, 0.15) is 25.3 Å². The molecule has 0 spiro atoms. The molecule has 1 unspecified atom stereocenters. The smallest absolute Gasteiger partial charge is 0.123 e. The molecule has 1 rings (SSSR count). The van der Waals surface area contributed by atoms with Crippen LogP contribution in [0.25, 0.3) is 0 Å². The Hall–Kier alpha value is -0.560. The van der Waals surface area contributed by atoms with Crippen LogP contribution in [0.2, 0.25) is 0 Å². The Kier molecular flexibility index (Phi) is 4.23. The average Bonchev–Trinajstić information content (AvgIpc) is 2.04. The van der Waals surface area contributed by atoms with Crippen molar-refractivity contribution < 1.29 is 4.39 Å². The molecule has 0 amide bonds. The fraction of sp³-hybridized carbons (Fsp3) is 0.455. The van der Waals surface area contributed by atoms with Crippen LogP contribution in [0.15, 0.2) is 24.3 Å². The van der Waals surface area contributed by atoms with E-state index in [0.717, 1.165) is 24.8 Å². The highest BCUT2D eigenvalue weighted by atomic mass is 35.5. The Morgan fingerprint density at radius 3 is 2.85 bits per heavy atom. The summed E-state index contributed by atoms with van der Waals surface area (Å²) < 4.78 is 12.8. The lowest BCUT2D eigenvalue weighted by molar-refractivity contribution is 0.623. The van der Waals surface area contributed by atoms with Crippen molar-refractivity contribution in [3.63, 3.8) is 0 Å². The third kappa shape index (κ3) is 3.77. The fourth-order valence-corrected chi connectivity index (χ4v) is 1.73. The van der Waals surface area contributed by atoms with Crippen molar-refractivity contribution in [1.29, 1.82) is 0 Å². The molecular weight excluding hydrogens is 187 g/mol. The van der Waals surface area contributed by atoms with E-state index in [9.17, 15) is 4.39 Å². The topological polar surface area (TPSA) is 0 Å². The molecule has 0 saturated carbocycles. The molecule has 1 atom stereocenters. The SMILES string of the molecule is CCCC(Cl)Cc1cccc(F)c1. The summed E-state index contributed by atoms with van der Waals surface area (Å²) in [6, 6.07) is 6.63. The average molecular weight is 201 g/mol. The van der Waals surface area contributed by atoms with E-state index in [2.05, 4.69) is 6.92 Å².